The molecule has 3 heterocycles. The van der Waals surface area contributed by atoms with Gasteiger partial charge < -0.3 is 14.8 Å². The first-order valence-corrected chi connectivity index (χ1v) is 16.1. The van der Waals surface area contributed by atoms with E-state index in [2.05, 4.69) is 15.5 Å². The predicted octanol–water partition coefficient (Wildman–Crippen LogP) is 2.08. The zero-order valence-electron chi connectivity index (χ0n) is 24.9. The molecule has 4 rings (SSSR count). The van der Waals surface area contributed by atoms with Crippen LogP contribution in [-0.4, -0.2) is 71.1 Å². The first-order chi connectivity index (χ1) is 20.7. The second-order valence-electron chi connectivity index (χ2n) is 10.2. The molecular formula is C27H33FN6O8S2. The second kappa shape index (κ2) is 13.4. The molecule has 0 fully saturated rings. The van der Waals surface area contributed by atoms with Gasteiger partial charge in [0.1, 0.15) is 33.5 Å². The van der Waals surface area contributed by atoms with Crippen LogP contribution in [0.2, 0.25) is 0 Å². The number of fused-ring (bicyclic) bond motifs is 1. The van der Waals surface area contributed by atoms with Crippen molar-refractivity contribution < 1.29 is 31.3 Å². The number of amides is 1. The molecule has 2 atom stereocenters. The van der Waals surface area contributed by atoms with Crippen molar-refractivity contribution in [2.75, 3.05) is 26.6 Å². The van der Waals surface area contributed by atoms with Crippen LogP contribution in [0.5, 0.6) is 5.75 Å². The van der Waals surface area contributed by atoms with Crippen molar-refractivity contribution in [1.82, 2.24) is 29.4 Å². The Kier molecular flexibility index (Phi) is 10.0. The maximum atomic E-state index is 14.5. The Labute approximate surface area is 256 Å². The van der Waals surface area contributed by atoms with E-state index < -0.39 is 45.2 Å². The van der Waals surface area contributed by atoms with Gasteiger partial charge in [0.2, 0.25) is 5.91 Å². The number of hydrogen-bond donors (Lipinski definition) is 1. The van der Waals surface area contributed by atoms with E-state index in [4.69, 9.17) is 13.7 Å². The first kappa shape index (κ1) is 33.0. The molecule has 0 saturated heterocycles. The number of benzene rings is 1. The Morgan fingerprint density at radius 2 is 1.82 bits per heavy atom. The number of halogens is 1. The third-order valence-electron chi connectivity index (χ3n) is 6.60. The molecule has 1 aromatic carbocycles. The normalized spacial score (nSPS) is 13.4. The number of aryl methyl sites for hydroxylation is 1. The average molecular weight is 653 g/mol. The fourth-order valence-electron chi connectivity index (χ4n) is 4.63. The highest BCUT2D eigenvalue weighted by molar-refractivity contribution is 7.85. The number of thiophene rings is 1. The van der Waals surface area contributed by atoms with E-state index >= 15 is 0 Å². The number of nitrogens with zero attached hydrogens (tertiary/aromatic N) is 5. The predicted molar refractivity (Wildman–Crippen MR) is 160 cm³/mol. The fourth-order valence-corrected chi connectivity index (χ4v) is 6.22. The Balaban J connectivity index is 1.94. The average Bonchev–Trinajstić information content (AvgIpc) is 3.59. The van der Waals surface area contributed by atoms with Gasteiger partial charge in [-0.2, -0.15) is 18.6 Å². The molecule has 4 aromatic rings. The smallest absolute Gasteiger partial charge is 0.332 e. The highest BCUT2D eigenvalue weighted by atomic mass is 32.2. The highest BCUT2D eigenvalue weighted by Gasteiger charge is 2.29. The molecule has 3 aromatic heterocycles. The van der Waals surface area contributed by atoms with Crippen LogP contribution in [0.4, 0.5) is 4.39 Å². The molecule has 0 spiro atoms. The van der Waals surface area contributed by atoms with Gasteiger partial charge in [0.15, 0.2) is 0 Å². The maximum absolute atomic E-state index is 14.5. The molecule has 0 saturated carbocycles. The molecule has 44 heavy (non-hydrogen) atoms. The molecule has 238 valence electrons. The number of aromatic nitrogens is 5. The number of hydrogen-bond acceptors (Lipinski definition) is 11. The van der Waals surface area contributed by atoms with Crippen LogP contribution in [0.15, 0.2) is 40.2 Å². The summed E-state index contributed by atoms with van der Waals surface area (Å²) >= 11 is 1.08. The van der Waals surface area contributed by atoms with E-state index in [1.807, 2.05) is 0 Å². The standard InChI is InChI=1S/C27H33FN6O8S2/c1-15(2)31-23(35)17(4)33-24(36)22-16(3)25(34-29-9-10-30-34)43-26(22)32(27(33)37)14-21(41-11-12-42-44(6,38)39)19-13-18(28)7-8-20(19)40-5/h7-10,13,15,17,21H,11-12,14H2,1-6H3,(H,31,35)/t17?,21-/m0/s1. The van der Waals surface area contributed by atoms with E-state index in [1.54, 1.807) is 20.8 Å². The Hall–Kier alpha value is -3.93. The summed E-state index contributed by atoms with van der Waals surface area (Å²) < 4.78 is 55.8. The molecule has 1 amide bonds. The minimum atomic E-state index is -3.77. The van der Waals surface area contributed by atoms with E-state index in [-0.39, 0.29) is 47.3 Å². The van der Waals surface area contributed by atoms with Gasteiger partial charge in [0.05, 0.1) is 50.9 Å². The summed E-state index contributed by atoms with van der Waals surface area (Å²) in [5.74, 6) is -0.904. The number of ether oxygens (including phenoxy) is 2. The molecule has 0 bridgehead atoms. The van der Waals surface area contributed by atoms with Crippen LogP contribution in [0.1, 0.15) is 44.0 Å². The number of nitrogens with one attached hydrogen (secondary N) is 1. The summed E-state index contributed by atoms with van der Waals surface area (Å²) in [6.07, 6.45) is 2.73. The molecule has 0 aliphatic heterocycles. The lowest BCUT2D eigenvalue weighted by molar-refractivity contribution is -0.124. The number of rotatable bonds is 13. The Morgan fingerprint density at radius 1 is 1.14 bits per heavy atom. The van der Waals surface area contributed by atoms with Crippen molar-refractivity contribution in [2.45, 2.75) is 52.4 Å². The van der Waals surface area contributed by atoms with Gasteiger partial charge in [-0.15, -0.1) is 4.80 Å². The van der Waals surface area contributed by atoms with E-state index in [9.17, 15) is 27.2 Å². The van der Waals surface area contributed by atoms with E-state index in [0.29, 0.717) is 10.6 Å². The minimum Gasteiger partial charge on any atom is -0.496 e. The largest absolute Gasteiger partial charge is 0.496 e. The molecule has 1 unspecified atom stereocenters. The number of carbonyl (C=O) groups excluding carboxylic acids is 1. The lowest BCUT2D eigenvalue weighted by atomic mass is 10.1. The summed E-state index contributed by atoms with van der Waals surface area (Å²) in [6, 6.07) is 2.32. The lowest BCUT2D eigenvalue weighted by Gasteiger charge is -2.23. The van der Waals surface area contributed by atoms with Gasteiger partial charge in [-0.05, 0) is 45.9 Å². The monoisotopic (exact) mass is 652 g/mol. The van der Waals surface area contributed by atoms with Crippen LogP contribution >= 0.6 is 11.3 Å². The van der Waals surface area contributed by atoms with Crippen molar-refractivity contribution in [2.24, 2.45) is 0 Å². The first-order valence-electron chi connectivity index (χ1n) is 13.5. The summed E-state index contributed by atoms with van der Waals surface area (Å²) in [5.41, 5.74) is -0.793. The Morgan fingerprint density at radius 3 is 2.43 bits per heavy atom. The number of methoxy groups -OCH3 is 1. The summed E-state index contributed by atoms with van der Waals surface area (Å²) in [7, 11) is -2.39. The van der Waals surface area contributed by atoms with E-state index in [0.717, 1.165) is 22.2 Å². The van der Waals surface area contributed by atoms with Crippen molar-refractivity contribution in [3.8, 4) is 10.8 Å². The molecule has 0 aliphatic rings. The molecule has 17 heteroatoms. The third-order valence-corrected chi connectivity index (χ3v) is 8.48. The maximum Gasteiger partial charge on any atom is 0.332 e. The van der Waals surface area contributed by atoms with Crippen LogP contribution in [0.3, 0.4) is 0 Å². The van der Waals surface area contributed by atoms with Gasteiger partial charge in [-0.1, -0.05) is 11.3 Å². The van der Waals surface area contributed by atoms with Crippen LogP contribution in [-0.2, 0) is 30.4 Å². The summed E-state index contributed by atoms with van der Waals surface area (Å²) in [6.45, 7) is 5.75. The molecule has 14 nitrogen and oxygen atoms in total. The van der Waals surface area contributed by atoms with Crippen molar-refractivity contribution in [3.05, 3.63) is 68.4 Å². The Bertz CT molecular complexity index is 1880. The van der Waals surface area contributed by atoms with E-state index in [1.165, 1.54) is 54.0 Å². The highest BCUT2D eigenvalue weighted by Crippen LogP contribution is 2.34. The van der Waals surface area contributed by atoms with Crippen molar-refractivity contribution in [1.29, 1.82) is 0 Å². The molecule has 1 N–H and O–H groups in total. The van der Waals surface area contributed by atoms with Gasteiger partial charge in [-0.3, -0.25) is 18.3 Å². The molecular weight excluding hydrogens is 619 g/mol. The zero-order valence-corrected chi connectivity index (χ0v) is 26.6. The molecule has 0 radical (unpaired) electrons. The lowest BCUT2D eigenvalue weighted by Crippen LogP contribution is -2.47. The van der Waals surface area contributed by atoms with Gasteiger partial charge >= 0.3 is 5.69 Å². The SMILES string of the molecule is COc1ccc(F)cc1[C@H](Cn1c(=O)n(C(C)C(=O)NC(C)C)c(=O)c2c(C)c(-n3nccn3)sc21)OCCOS(C)(=O)=O. The van der Waals surface area contributed by atoms with Crippen LogP contribution in [0, 0.1) is 12.7 Å². The summed E-state index contributed by atoms with van der Waals surface area (Å²) in [4.78, 5) is 42.6. The van der Waals surface area contributed by atoms with Crippen LogP contribution in [0.25, 0.3) is 15.2 Å². The quantitative estimate of drug-likeness (QED) is 0.167. The zero-order chi connectivity index (χ0) is 32.3. The minimum absolute atomic E-state index is 0.163. The molecule has 0 aliphatic carbocycles. The van der Waals surface area contributed by atoms with Gasteiger partial charge in [0, 0.05) is 17.2 Å². The summed E-state index contributed by atoms with van der Waals surface area (Å²) in [5, 5.41) is 11.7. The topological polar surface area (TPSA) is 166 Å². The van der Waals surface area contributed by atoms with Crippen LogP contribution < -0.4 is 21.3 Å². The third kappa shape index (κ3) is 7.06. The van der Waals surface area contributed by atoms with Gasteiger partial charge in [-0.25, -0.2) is 13.8 Å². The van der Waals surface area contributed by atoms with Crippen molar-refractivity contribution in [3.63, 3.8) is 0 Å². The second-order valence-corrected chi connectivity index (χ2v) is 12.8. The fraction of sp³-hybridized carbons (Fsp3) is 0.444. The van der Waals surface area contributed by atoms with Gasteiger partial charge in [0.25, 0.3) is 15.7 Å². The number of carbonyl (C=O) groups is 1. The van der Waals surface area contributed by atoms with Crippen molar-refractivity contribution >= 4 is 37.6 Å².